The number of carbonyl (C=O) groups excluding carboxylic acids is 1. The Morgan fingerprint density at radius 2 is 1.90 bits per heavy atom. The van der Waals surface area contributed by atoms with Crippen molar-refractivity contribution in [1.82, 2.24) is 5.43 Å². The molecule has 4 rings (SSSR count). The number of hydrazone groups is 1. The van der Waals surface area contributed by atoms with Crippen LogP contribution in [0.5, 0.6) is 5.75 Å². The molecule has 0 bridgehead atoms. The van der Waals surface area contributed by atoms with Crippen molar-refractivity contribution < 1.29 is 9.90 Å². The summed E-state index contributed by atoms with van der Waals surface area (Å²) in [5, 5.41) is 16.6. The normalized spacial score (nSPS) is 17.7. The second-order valence-electron chi connectivity index (χ2n) is 8.82. The average molecular weight is 436 g/mol. The second-order valence-corrected chi connectivity index (χ2v) is 9.23. The number of nitrogens with zero attached hydrogens (tertiary/aromatic N) is 2. The molecule has 2 N–H and O–H groups in total. The van der Waals surface area contributed by atoms with E-state index in [1.165, 1.54) is 5.56 Å². The lowest BCUT2D eigenvalue weighted by Gasteiger charge is -2.45. The van der Waals surface area contributed by atoms with Crippen molar-refractivity contribution in [2.75, 3.05) is 11.9 Å². The van der Waals surface area contributed by atoms with Gasteiger partial charge in [0.1, 0.15) is 5.75 Å². The maximum absolute atomic E-state index is 12.6. The predicted molar refractivity (Wildman–Crippen MR) is 128 cm³/mol. The van der Waals surface area contributed by atoms with Gasteiger partial charge in [0.25, 0.3) is 5.91 Å². The first kappa shape index (κ1) is 21.2. The molecule has 0 aromatic heterocycles. The summed E-state index contributed by atoms with van der Waals surface area (Å²) >= 11 is 6.52. The number of nitrogens with one attached hydrogen (secondary N) is 1. The van der Waals surface area contributed by atoms with E-state index in [0.717, 1.165) is 28.4 Å². The Balaban J connectivity index is 1.57. The van der Waals surface area contributed by atoms with Gasteiger partial charge < -0.3 is 10.0 Å². The fourth-order valence-corrected chi connectivity index (χ4v) is 4.54. The van der Waals surface area contributed by atoms with E-state index in [0.29, 0.717) is 10.9 Å². The Morgan fingerprint density at radius 1 is 1.23 bits per heavy atom. The minimum atomic E-state index is -0.483. The minimum absolute atomic E-state index is 0.0567. The van der Waals surface area contributed by atoms with Crippen LogP contribution < -0.4 is 10.3 Å². The van der Waals surface area contributed by atoms with Crippen LogP contribution in [-0.4, -0.2) is 29.8 Å². The molecule has 0 fully saturated rings. The minimum Gasteiger partial charge on any atom is -0.507 e. The first-order valence-electron chi connectivity index (χ1n) is 10.3. The van der Waals surface area contributed by atoms with Crippen molar-refractivity contribution in [3.05, 3.63) is 70.2 Å². The number of carbonyl (C=O) groups is 1. The number of hydrogen-bond acceptors (Lipinski definition) is 4. The molecule has 6 heteroatoms. The maximum atomic E-state index is 12.6. The van der Waals surface area contributed by atoms with Gasteiger partial charge in [-0.05, 0) is 66.8 Å². The maximum Gasteiger partial charge on any atom is 0.275 e. The van der Waals surface area contributed by atoms with Gasteiger partial charge in [0.15, 0.2) is 0 Å². The molecule has 0 aliphatic carbocycles. The van der Waals surface area contributed by atoms with Crippen LogP contribution in [0.3, 0.4) is 0 Å². The Bertz CT molecular complexity index is 1200. The molecule has 160 valence electrons. The summed E-state index contributed by atoms with van der Waals surface area (Å²) in [4.78, 5) is 14.8. The third kappa shape index (κ3) is 3.98. The van der Waals surface area contributed by atoms with Gasteiger partial charge in [-0.25, -0.2) is 5.43 Å². The number of hydrogen-bond donors (Lipinski definition) is 2. The van der Waals surface area contributed by atoms with E-state index in [9.17, 15) is 9.90 Å². The largest absolute Gasteiger partial charge is 0.507 e. The molecule has 3 aromatic carbocycles. The third-order valence-corrected chi connectivity index (χ3v) is 6.56. The number of benzene rings is 3. The predicted octanol–water partition coefficient (Wildman–Crippen LogP) is 5.68. The van der Waals surface area contributed by atoms with Crippen molar-refractivity contribution in [1.29, 1.82) is 0 Å². The number of fused-ring (bicyclic) bond motifs is 2. The van der Waals surface area contributed by atoms with Crippen LogP contribution in [0.1, 0.15) is 54.6 Å². The smallest absolute Gasteiger partial charge is 0.275 e. The number of halogens is 1. The van der Waals surface area contributed by atoms with Crippen LogP contribution in [0.2, 0.25) is 5.02 Å². The highest BCUT2D eigenvalue weighted by Crippen LogP contribution is 2.44. The molecule has 5 nitrogen and oxygen atoms in total. The summed E-state index contributed by atoms with van der Waals surface area (Å²) in [5.41, 5.74) is 5.80. The zero-order valence-corrected chi connectivity index (χ0v) is 18.9. The van der Waals surface area contributed by atoms with Gasteiger partial charge in [0.2, 0.25) is 0 Å². The Hall–Kier alpha value is -3.05. The van der Waals surface area contributed by atoms with Crippen LogP contribution in [0.25, 0.3) is 10.8 Å². The lowest BCUT2D eigenvalue weighted by molar-refractivity contribution is 0.0952. The first-order valence-corrected chi connectivity index (χ1v) is 10.7. The molecule has 31 heavy (non-hydrogen) atoms. The highest BCUT2D eigenvalue weighted by Gasteiger charge is 2.34. The second kappa shape index (κ2) is 7.89. The van der Waals surface area contributed by atoms with Gasteiger partial charge >= 0.3 is 0 Å². The van der Waals surface area contributed by atoms with Gasteiger partial charge in [-0.1, -0.05) is 42.8 Å². The molecule has 0 spiro atoms. The summed E-state index contributed by atoms with van der Waals surface area (Å²) in [6, 6.07) is 14.8. The quantitative estimate of drug-likeness (QED) is 0.410. The summed E-state index contributed by atoms with van der Waals surface area (Å²) in [6.45, 7) is 6.67. The third-order valence-electron chi connectivity index (χ3n) is 6.23. The molecule has 0 saturated carbocycles. The molecular weight excluding hydrogens is 410 g/mol. The van der Waals surface area contributed by atoms with Crippen LogP contribution in [0.15, 0.2) is 53.6 Å². The van der Waals surface area contributed by atoms with Crippen LogP contribution >= 0.6 is 11.6 Å². The number of aromatic hydroxyl groups is 1. The van der Waals surface area contributed by atoms with E-state index >= 15 is 0 Å². The van der Waals surface area contributed by atoms with E-state index in [2.05, 4.69) is 43.2 Å². The topological polar surface area (TPSA) is 64.9 Å². The Morgan fingerprint density at radius 3 is 2.61 bits per heavy atom. The lowest BCUT2D eigenvalue weighted by atomic mass is 9.80. The fourth-order valence-electron chi connectivity index (χ4n) is 4.33. The molecule has 1 aliphatic heterocycles. The van der Waals surface area contributed by atoms with Gasteiger partial charge in [0, 0.05) is 23.8 Å². The number of anilines is 1. The molecule has 0 saturated heterocycles. The van der Waals surface area contributed by atoms with E-state index in [1.54, 1.807) is 18.3 Å². The molecule has 1 heterocycles. The highest BCUT2D eigenvalue weighted by atomic mass is 35.5. The van der Waals surface area contributed by atoms with Gasteiger partial charge in [-0.15, -0.1) is 0 Å². The zero-order valence-electron chi connectivity index (χ0n) is 18.1. The molecular formula is C25H26ClN3O2. The standard InChI is InChI=1S/C25H26ClN3O2/c1-15-13-25(2,3)29(4)22-12-21(26)18(10-19(15)22)14-27-28-24(31)20-9-16-7-5-6-8-17(16)11-23(20)30/h5-12,14-15,30H,13H2,1-4H3,(H,28,31)/b27-14+. The van der Waals surface area contributed by atoms with Crippen molar-refractivity contribution in [2.45, 2.75) is 38.6 Å². The summed E-state index contributed by atoms with van der Waals surface area (Å²) in [6.07, 6.45) is 2.58. The SMILES string of the molecule is CC1CC(C)(C)N(C)c2cc(Cl)c(/C=N/NC(=O)c3cc4ccccc4cc3O)cc21. The van der Waals surface area contributed by atoms with Crippen molar-refractivity contribution in [2.24, 2.45) is 5.10 Å². The van der Waals surface area contributed by atoms with Crippen molar-refractivity contribution in [3.63, 3.8) is 0 Å². The van der Waals surface area contributed by atoms with E-state index < -0.39 is 5.91 Å². The number of rotatable bonds is 3. The summed E-state index contributed by atoms with van der Waals surface area (Å²) in [7, 11) is 2.09. The monoisotopic (exact) mass is 435 g/mol. The average Bonchev–Trinajstić information content (AvgIpc) is 2.72. The van der Waals surface area contributed by atoms with Crippen LogP contribution in [-0.2, 0) is 0 Å². The fraction of sp³-hybridized carbons (Fsp3) is 0.280. The number of phenolic OH excluding ortho intramolecular Hbond substituents is 1. The zero-order chi connectivity index (χ0) is 22.3. The molecule has 1 atom stereocenters. The molecule has 0 radical (unpaired) electrons. The Kier molecular flexibility index (Phi) is 5.40. The molecule has 1 amide bonds. The van der Waals surface area contributed by atoms with E-state index in [4.69, 9.17) is 11.6 Å². The lowest BCUT2D eigenvalue weighted by Crippen LogP contribution is -2.45. The van der Waals surface area contributed by atoms with Crippen molar-refractivity contribution >= 4 is 40.2 Å². The number of amides is 1. The van der Waals surface area contributed by atoms with Gasteiger partial charge in [-0.3, -0.25) is 4.79 Å². The van der Waals surface area contributed by atoms with Crippen molar-refractivity contribution in [3.8, 4) is 5.75 Å². The number of phenols is 1. The molecule has 3 aromatic rings. The van der Waals surface area contributed by atoms with E-state index in [1.807, 2.05) is 36.4 Å². The summed E-state index contributed by atoms with van der Waals surface area (Å²) in [5.74, 6) is -0.184. The van der Waals surface area contributed by atoms with Gasteiger partial charge in [-0.2, -0.15) is 5.10 Å². The molecule has 1 unspecified atom stereocenters. The van der Waals surface area contributed by atoms with Gasteiger partial charge in [0.05, 0.1) is 16.8 Å². The summed E-state index contributed by atoms with van der Waals surface area (Å²) < 4.78 is 0. The molecule has 1 aliphatic rings. The Labute approximate surface area is 187 Å². The van der Waals surface area contributed by atoms with Crippen LogP contribution in [0.4, 0.5) is 5.69 Å². The van der Waals surface area contributed by atoms with Crippen LogP contribution in [0, 0.1) is 0 Å². The van der Waals surface area contributed by atoms with E-state index in [-0.39, 0.29) is 16.9 Å². The first-order chi connectivity index (χ1) is 14.7. The highest BCUT2D eigenvalue weighted by molar-refractivity contribution is 6.33.